The molecule has 0 unspecified atom stereocenters. The Kier molecular flexibility index (Phi) is 5.24. The predicted molar refractivity (Wildman–Crippen MR) is 119 cm³/mol. The highest BCUT2D eigenvalue weighted by atomic mass is 16.2. The zero-order valence-corrected chi connectivity index (χ0v) is 17.0. The number of para-hydroxylation sites is 1. The van der Waals surface area contributed by atoms with E-state index in [0.29, 0.717) is 12.4 Å². The van der Waals surface area contributed by atoms with Crippen LogP contribution in [0.3, 0.4) is 0 Å². The van der Waals surface area contributed by atoms with Crippen molar-refractivity contribution in [1.82, 2.24) is 34.8 Å². The number of rotatable bonds is 6. The van der Waals surface area contributed by atoms with Gasteiger partial charge in [0.1, 0.15) is 12.7 Å². The van der Waals surface area contributed by atoms with Crippen molar-refractivity contribution in [2.75, 3.05) is 0 Å². The lowest BCUT2D eigenvalue weighted by Gasteiger charge is -2.05. The predicted octanol–water partition coefficient (Wildman–Crippen LogP) is 3.45. The van der Waals surface area contributed by atoms with E-state index >= 15 is 0 Å². The molecule has 2 aromatic heterocycles. The summed E-state index contributed by atoms with van der Waals surface area (Å²) in [4.78, 5) is 21.3. The van der Waals surface area contributed by atoms with Crippen LogP contribution in [-0.2, 0) is 6.54 Å². The molecule has 0 aliphatic rings. The summed E-state index contributed by atoms with van der Waals surface area (Å²) in [7, 11) is 0. The summed E-state index contributed by atoms with van der Waals surface area (Å²) in [6, 6.07) is 27.1. The van der Waals surface area contributed by atoms with Gasteiger partial charge in [-0.3, -0.25) is 4.79 Å². The second-order valence-electron chi connectivity index (χ2n) is 7.06. The third-order valence-corrected chi connectivity index (χ3v) is 4.92. The standard InChI is InChI=1S/C24H19N7O/c32-24(26-15-18-11-13-20(14-12-18)30-17-25-16-27-30)22-28-23(19-7-3-1-4-8-19)31(29-22)21-9-5-2-6-10-21/h1-14,16-17H,15H2,(H,26,32). The molecule has 1 amide bonds. The zero-order valence-electron chi connectivity index (χ0n) is 17.0. The van der Waals surface area contributed by atoms with Gasteiger partial charge >= 0.3 is 0 Å². The lowest BCUT2D eigenvalue weighted by atomic mass is 10.2. The summed E-state index contributed by atoms with van der Waals surface area (Å²) < 4.78 is 3.37. The first-order valence-electron chi connectivity index (χ1n) is 10.1. The third-order valence-electron chi connectivity index (χ3n) is 4.92. The van der Waals surface area contributed by atoms with E-state index in [-0.39, 0.29) is 11.7 Å². The first-order chi connectivity index (χ1) is 15.8. The molecular weight excluding hydrogens is 402 g/mol. The van der Waals surface area contributed by atoms with Crippen LogP contribution >= 0.6 is 0 Å². The van der Waals surface area contributed by atoms with Crippen LogP contribution < -0.4 is 5.32 Å². The van der Waals surface area contributed by atoms with Gasteiger partial charge in [-0.2, -0.15) is 5.10 Å². The largest absolute Gasteiger partial charge is 0.345 e. The Morgan fingerprint density at radius 1 is 0.844 bits per heavy atom. The Balaban J connectivity index is 1.36. The van der Waals surface area contributed by atoms with Gasteiger partial charge in [0.15, 0.2) is 5.82 Å². The molecule has 5 rings (SSSR count). The Hall–Kier alpha value is -4.59. The minimum Gasteiger partial charge on any atom is -0.345 e. The van der Waals surface area contributed by atoms with Gasteiger partial charge in [-0.1, -0.05) is 60.7 Å². The molecule has 0 saturated carbocycles. The maximum atomic E-state index is 12.8. The van der Waals surface area contributed by atoms with Gasteiger partial charge in [-0.25, -0.2) is 19.3 Å². The maximum absolute atomic E-state index is 12.8. The van der Waals surface area contributed by atoms with Crippen LogP contribution in [0.25, 0.3) is 22.8 Å². The molecule has 8 heteroatoms. The molecule has 8 nitrogen and oxygen atoms in total. The second kappa shape index (κ2) is 8.65. The molecule has 3 aromatic carbocycles. The van der Waals surface area contributed by atoms with E-state index in [1.165, 1.54) is 6.33 Å². The fourth-order valence-electron chi connectivity index (χ4n) is 3.30. The highest BCUT2D eigenvalue weighted by Gasteiger charge is 2.18. The van der Waals surface area contributed by atoms with Crippen LogP contribution in [0.15, 0.2) is 97.6 Å². The van der Waals surface area contributed by atoms with Crippen molar-refractivity contribution >= 4 is 5.91 Å². The number of carbonyl (C=O) groups excluding carboxylic acids is 1. The van der Waals surface area contributed by atoms with E-state index in [0.717, 1.165) is 22.5 Å². The van der Waals surface area contributed by atoms with Crippen LogP contribution in [0, 0.1) is 0 Å². The number of amides is 1. The summed E-state index contributed by atoms with van der Waals surface area (Å²) in [5.74, 6) is 0.392. The van der Waals surface area contributed by atoms with Crippen molar-refractivity contribution in [3.63, 3.8) is 0 Å². The van der Waals surface area contributed by atoms with E-state index in [1.807, 2.05) is 84.9 Å². The van der Waals surface area contributed by atoms with Crippen LogP contribution in [0.5, 0.6) is 0 Å². The van der Waals surface area contributed by atoms with Gasteiger partial charge < -0.3 is 5.32 Å². The van der Waals surface area contributed by atoms with Crippen molar-refractivity contribution in [3.8, 4) is 22.8 Å². The maximum Gasteiger partial charge on any atom is 0.291 e. The van der Waals surface area contributed by atoms with E-state index < -0.39 is 0 Å². The molecule has 0 fully saturated rings. The normalized spacial score (nSPS) is 10.8. The van der Waals surface area contributed by atoms with E-state index in [2.05, 4.69) is 25.5 Å². The summed E-state index contributed by atoms with van der Waals surface area (Å²) >= 11 is 0. The molecule has 0 saturated heterocycles. The van der Waals surface area contributed by atoms with Crippen molar-refractivity contribution < 1.29 is 4.79 Å². The first kappa shape index (κ1) is 19.4. The minimum atomic E-state index is -0.336. The molecule has 2 heterocycles. The van der Waals surface area contributed by atoms with E-state index in [9.17, 15) is 4.79 Å². The molecule has 0 aliphatic carbocycles. The molecule has 0 spiro atoms. The fraction of sp³-hybridized carbons (Fsp3) is 0.0417. The van der Waals surface area contributed by atoms with Crippen molar-refractivity contribution in [3.05, 3.63) is 109 Å². The van der Waals surface area contributed by atoms with Gasteiger partial charge in [-0.05, 0) is 29.8 Å². The lowest BCUT2D eigenvalue weighted by molar-refractivity contribution is 0.0940. The van der Waals surface area contributed by atoms with Crippen molar-refractivity contribution in [2.24, 2.45) is 0 Å². The molecule has 0 atom stereocenters. The minimum absolute atomic E-state index is 0.118. The SMILES string of the molecule is O=C(NCc1ccc(-n2cncn2)cc1)c1nc(-c2ccccc2)n(-c2ccccc2)n1. The Morgan fingerprint density at radius 2 is 1.56 bits per heavy atom. The van der Waals surface area contributed by atoms with Gasteiger partial charge in [0.25, 0.3) is 5.91 Å². The summed E-state index contributed by atoms with van der Waals surface area (Å²) in [6.07, 6.45) is 3.12. The van der Waals surface area contributed by atoms with Crippen LogP contribution in [0.1, 0.15) is 16.2 Å². The Bertz CT molecular complexity index is 1260. The third kappa shape index (κ3) is 4.01. The zero-order chi connectivity index (χ0) is 21.8. The summed E-state index contributed by atoms with van der Waals surface area (Å²) in [5.41, 5.74) is 3.56. The number of carbonyl (C=O) groups is 1. The molecule has 32 heavy (non-hydrogen) atoms. The molecular formula is C24H19N7O. The smallest absolute Gasteiger partial charge is 0.291 e. The van der Waals surface area contributed by atoms with Gasteiger partial charge in [0.2, 0.25) is 5.82 Å². The average Bonchev–Trinajstić information content (AvgIpc) is 3.55. The fourth-order valence-corrected chi connectivity index (χ4v) is 3.30. The lowest BCUT2D eigenvalue weighted by Crippen LogP contribution is -2.24. The highest BCUT2D eigenvalue weighted by molar-refractivity contribution is 5.91. The van der Waals surface area contributed by atoms with Crippen molar-refractivity contribution in [2.45, 2.75) is 6.54 Å². The molecule has 0 bridgehead atoms. The number of aromatic nitrogens is 6. The number of nitrogens with zero attached hydrogens (tertiary/aromatic N) is 6. The summed E-state index contributed by atoms with van der Waals surface area (Å²) in [6.45, 7) is 0.358. The second-order valence-corrected chi connectivity index (χ2v) is 7.06. The van der Waals surface area contributed by atoms with Gasteiger partial charge in [-0.15, -0.1) is 5.10 Å². The Labute approximate surface area is 184 Å². The average molecular weight is 421 g/mol. The number of hydrogen-bond donors (Lipinski definition) is 1. The summed E-state index contributed by atoms with van der Waals surface area (Å²) in [5, 5.41) is 11.5. The number of hydrogen-bond acceptors (Lipinski definition) is 5. The number of nitrogens with one attached hydrogen (secondary N) is 1. The van der Waals surface area contributed by atoms with Crippen LogP contribution in [0.4, 0.5) is 0 Å². The quantitative estimate of drug-likeness (QED) is 0.454. The first-order valence-corrected chi connectivity index (χ1v) is 10.1. The highest BCUT2D eigenvalue weighted by Crippen LogP contribution is 2.21. The molecule has 1 N–H and O–H groups in total. The Morgan fingerprint density at radius 3 is 2.25 bits per heavy atom. The van der Waals surface area contributed by atoms with Crippen molar-refractivity contribution in [1.29, 1.82) is 0 Å². The van der Waals surface area contributed by atoms with Gasteiger partial charge in [0.05, 0.1) is 11.4 Å². The molecule has 156 valence electrons. The monoisotopic (exact) mass is 421 g/mol. The van der Waals surface area contributed by atoms with Crippen LogP contribution in [-0.4, -0.2) is 35.4 Å². The van der Waals surface area contributed by atoms with Crippen LogP contribution in [0.2, 0.25) is 0 Å². The van der Waals surface area contributed by atoms with Gasteiger partial charge in [0, 0.05) is 12.1 Å². The number of benzene rings is 3. The van der Waals surface area contributed by atoms with E-state index in [1.54, 1.807) is 15.7 Å². The molecule has 0 radical (unpaired) electrons. The molecule has 0 aliphatic heterocycles. The van der Waals surface area contributed by atoms with E-state index in [4.69, 9.17) is 0 Å². The molecule has 5 aromatic rings. The topological polar surface area (TPSA) is 90.5 Å².